The van der Waals surface area contributed by atoms with E-state index in [0.29, 0.717) is 0 Å². The second kappa shape index (κ2) is 3.45. The fourth-order valence-electron chi connectivity index (χ4n) is 0.188. The fraction of sp³-hybridized carbons (Fsp3) is 0.750. The Morgan fingerprint density at radius 3 is 2.00 bits per heavy atom. The van der Waals surface area contributed by atoms with Gasteiger partial charge in [-0.15, -0.1) is 0 Å². The quantitative estimate of drug-likeness (QED) is 0.655. The van der Waals surface area contributed by atoms with Crippen LogP contribution in [0, 0.1) is 0 Å². The lowest BCUT2D eigenvalue weighted by molar-refractivity contribution is -0.304. The van der Waals surface area contributed by atoms with Gasteiger partial charge in [0.05, 0.1) is 10.8 Å². The monoisotopic (exact) mass is 243 g/mol. The normalized spacial score (nSPS) is 17.4. The van der Waals surface area contributed by atoms with Crippen molar-refractivity contribution in [3.8, 4) is 0 Å². The first-order valence-corrected chi connectivity index (χ1v) is 3.88. The molecule has 0 unspecified atom stereocenters. The molecule has 0 radical (unpaired) electrons. The second-order valence-electron chi connectivity index (χ2n) is 1.40. The summed E-state index contributed by atoms with van der Waals surface area (Å²) < 4.78 is 0. The Labute approximate surface area is 64.5 Å². The van der Waals surface area contributed by atoms with Crippen LogP contribution in [0.5, 0.6) is 0 Å². The molecular formula is C4H5Br2O2-. The molecule has 2 nitrogen and oxygen atoms in total. The van der Waals surface area contributed by atoms with Gasteiger partial charge in [0.1, 0.15) is 0 Å². The number of carbonyl (C=O) groups excluding carboxylic acids is 1. The second-order valence-corrected chi connectivity index (χ2v) is 3.83. The molecular weight excluding hydrogens is 240 g/mol. The minimum absolute atomic E-state index is 0.0903. The summed E-state index contributed by atoms with van der Waals surface area (Å²) in [4.78, 5) is 9.27. The Bertz CT molecular complexity index is 92.0. The van der Waals surface area contributed by atoms with Crippen molar-refractivity contribution in [2.45, 2.75) is 16.6 Å². The third-order valence-electron chi connectivity index (χ3n) is 0.628. The predicted octanol–water partition coefficient (Wildman–Crippen LogP) is 0.283. The first-order valence-electron chi connectivity index (χ1n) is 2.04. The van der Waals surface area contributed by atoms with Crippen molar-refractivity contribution in [1.29, 1.82) is 0 Å². The summed E-state index contributed by atoms with van der Waals surface area (Å²) >= 11 is 5.97. The van der Waals surface area contributed by atoms with Crippen molar-refractivity contribution in [3.63, 3.8) is 0 Å². The van der Waals surface area contributed by atoms with Crippen molar-refractivity contribution >= 4 is 37.8 Å². The van der Waals surface area contributed by atoms with Gasteiger partial charge in [0, 0.05) is 4.83 Å². The highest BCUT2D eigenvalue weighted by Gasteiger charge is 2.09. The number of alkyl halides is 2. The number of rotatable bonds is 2. The van der Waals surface area contributed by atoms with Crippen LogP contribution >= 0.6 is 31.9 Å². The number of carbonyl (C=O) groups is 1. The third kappa shape index (κ3) is 2.67. The lowest BCUT2D eigenvalue weighted by Crippen LogP contribution is -2.35. The molecule has 0 N–H and O–H groups in total. The van der Waals surface area contributed by atoms with Crippen molar-refractivity contribution in [2.24, 2.45) is 0 Å². The van der Waals surface area contributed by atoms with Gasteiger partial charge >= 0.3 is 0 Å². The van der Waals surface area contributed by atoms with E-state index in [1.165, 1.54) is 0 Å². The van der Waals surface area contributed by atoms with Gasteiger partial charge in [0.25, 0.3) is 0 Å². The van der Waals surface area contributed by atoms with Crippen molar-refractivity contribution < 1.29 is 9.90 Å². The van der Waals surface area contributed by atoms with Crippen LogP contribution in [-0.4, -0.2) is 15.6 Å². The van der Waals surface area contributed by atoms with Crippen LogP contribution in [0.4, 0.5) is 0 Å². The summed E-state index contributed by atoms with van der Waals surface area (Å²) in [5, 5.41) is 9.95. The van der Waals surface area contributed by atoms with Gasteiger partial charge in [-0.05, 0) is 0 Å². The summed E-state index contributed by atoms with van der Waals surface area (Å²) in [7, 11) is 0. The van der Waals surface area contributed by atoms with Crippen LogP contribution < -0.4 is 5.11 Å². The maximum Gasteiger partial charge on any atom is 0.0663 e. The number of aliphatic carboxylic acids is 1. The molecule has 0 aliphatic carbocycles. The number of halogens is 2. The van der Waals surface area contributed by atoms with E-state index < -0.39 is 10.8 Å². The fourth-order valence-corrected chi connectivity index (χ4v) is 0.403. The summed E-state index contributed by atoms with van der Waals surface area (Å²) in [5.41, 5.74) is 0. The SMILES string of the molecule is C[C@H](Br)[C@@H](Br)C(=O)[O-]. The van der Waals surface area contributed by atoms with Gasteiger partial charge in [-0.1, -0.05) is 38.8 Å². The van der Waals surface area contributed by atoms with Gasteiger partial charge in [0.2, 0.25) is 0 Å². The molecule has 0 fully saturated rings. The summed E-state index contributed by atoms with van der Waals surface area (Å²) in [6, 6.07) is 0. The Hall–Kier alpha value is 0.430. The first-order chi connectivity index (χ1) is 3.55. The predicted molar refractivity (Wildman–Crippen MR) is 36.1 cm³/mol. The van der Waals surface area contributed by atoms with Crippen LogP contribution in [0.3, 0.4) is 0 Å². The summed E-state index contributed by atoms with van der Waals surface area (Å²) in [6.45, 7) is 1.73. The highest BCUT2D eigenvalue weighted by Crippen LogP contribution is 2.11. The lowest BCUT2D eigenvalue weighted by atomic mass is 10.3. The van der Waals surface area contributed by atoms with Crippen LogP contribution in [-0.2, 0) is 4.79 Å². The molecule has 48 valence electrons. The molecule has 0 aliphatic heterocycles. The molecule has 0 amide bonds. The average molecular weight is 245 g/mol. The highest BCUT2D eigenvalue weighted by atomic mass is 79.9. The smallest absolute Gasteiger partial charge is 0.0663 e. The Kier molecular flexibility index (Phi) is 3.64. The maximum atomic E-state index is 9.95. The third-order valence-corrected chi connectivity index (χ3v) is 3.03. The van der Waals surface area contributed by atoms with E-state index in [0.717, 1.165) is 0 Å². The minimum atomic E-state index is -1.09. The van der Waals surface area contributed by atoms with Gasteiger partial charge in [-0.3, -0.25) is 0 Å². The molecule has 8 heavy (non-hydrogen) atoms. The molecule has 0 bridgehead atoms. The maximum absolute atomic E-state index is 9.95. The Balaban J connectivity index is 3.64. The van der Waals surface area contributed by atoms with Crippen LogP contribution in [0.1, 0.15) is 6.92 Å². The molecule has 0 spiro atoms. The molecule has 0 aromatic carbocycles. The average Bonchev–Trinajstić information content (AvgIpc) is 1.64. The lowest BCUT2D eigenvalue weighted by Gasteiger charge is -2.11. The largest absolute Gasteiger partial charge is 0.549 e. The molecule has 0 heterocycles. The number of carboxylic acids is 1. The van der Waals surface area contributed by atoms with E-state index >= 15 is 0 Å². The molecule has 0 aromatic rings. The Morgan fingerprint density at radius 2 is 2.00 bits per heavy atom. The molecule has 0 saturated heterocycles. The first kappa shape index (κ1) is 8.43. The zero-order chi connectivity index (χ0) is 6.73. The Morgan fingerprint density at radius 1 is 1.62 bits per heavy atom. The zero-order valence-electron chi connectivity index (χ0n) is 4.23. The molecule has 0 aromatic heterocycles. The van der Waals surface area contributed by atoms with Crippen molar-refractivity contribution in [2.75, 3.05) is 0 Å². The molecule has 4 heteroatoms. The zero-order valence-corrected chi connectivity index (χ0v) is 7.40. The summed E-state index contributed by atoms with van der Waals surface area (Å²) in [6.07, 6.45) is 0. The summed E-state index contributed by atoms with van der Waals surface area (Å²) in [5.74, 6) is -1.09. The van der Waals surface area contributed by atoms with Crippen LogP contribution in [0.2, 0.25) is 0 Å². The van der Waals surface area contributed by atoms with Gasteiger partial charge in [-0.2, -0.15) is 0 Å². The van der Waals surface area contributed by atoms with E-state index in [1.807, 2.05) is 0 Å². The number of hydrogen-bond donors (Lipinski definition) is 0. The minimum Gasteiger partial charge on any atom is -0.549 e. The van der Waals surface area contributed by atoms with E-state index in [-0.39, 0.29) is 4.83 Å². The van der Waals surface area contributed by atoms with Crippen LogP contribution in [0.25, 0.3) is 0 Å². The standard InChI is InChI=1S/C4H6Br2O2/c1-2(5)3(6)4(7)8/h2-3H,1H3,(H,7,8)/p-1/t2-,3+/m0/s1. The molecule has 0 rings (SSSR count). The van der Waals surface area contributed by atoms with Crippen LogP contribution in [0.15, 0.2) is 0 Å². The van der Waals surface area contributed by atoms with Gasteiger partial charge in [-0.25, -0.2) is 0 Å². The van der Waals surface area contributed by atoms with E-state index in [4.69, 9.17) is 0 Å². The molecule has 2 atom stereocenters. The molecule has 0 aliphatic rings. The van der Waals surface area contributed by atoms with E-state index in [1.54, 1.807) is 6.92 Å². The van der Waals surface area contributed by atoms with Crippen molar-refractivity contribution in [3.05, 3.63) is 0 Å². The highest BCUT2D eigenvalue weighted by molar-refractivity contribution is 9.12. The topological polar surface area (TPSA) is 40.1 Å². The molecule has 0 saturated carbocycles. The van der Waals surface area contributed by atoms with Gasteiger partial charge < -0.3 is 9.90 Å². The number of hydrogen-bond acceptors (Lipinski definition) is 2. The van der Waals surface area contributed by atoms with E-state index in [2.05, 4.69) is 31.9 Å². The number of carboxylic acid groups (broad SMARTS) is 1. The van der Waals surface area contributed by atoms with Crippen molar-refractivity contribution in [1.82, 2.24) is 0 Å². The van der Waals surface area contributed by atoms with Gasteiger partial charge in [0.15, 0.2) is 0 Å². The van der Waals surface area contributed by atoms with E-state index in [9.17, 15) is 9.90 Å².